The topological polar surface area (TPSA) is 43.4 Å². The standard InChI is InChI=1S/C13H18O3S/c1-4-17(14,15)10-9-12-7-5-6-8-13(12)16-11(2)3/h5-11H,4H2,1-3H3. The van der Waals surface area contributed by atoms with Crippen molar-refractivity contribution in [3.8, 4) is 5.75 Å². The van der Waals surface area contributed by atoms with E-state index in [2.05, 4.69) is 0 Å². The van der Waals surface area contributed by atoms with Crippen molar-refractivity contribution in [2.45, 2.75) is 26.9 Å². The van der Waals surface area contributed by atoms with E-state index in [1.807, 2.05) is 38.1 Å². The van der Waals surface area contributed by atoms with Gasteiger partial charge >= 0.3 is 0 Å². The van der Waals surface area contributed by atoms with Gasteiger partial charge in [-0.3, -0.25) is 0 Å². The van der Waals surface area contributed by atoms with Crippen LogP contribution in [0.4, 0.5) is 0 Å². The largest absolute Gasteiger partial charge is 0.490 e. The molecule has 0 fully saturated rings. The molecule has 1 rings (SSSR count). The SMILES string of the molecule is CCS(=O)(=O)C=Cc1ccccc1OC(C)C. The lowest BCUT2D eigenvalue weighted by Gasteiger charge is -2.11. The maximum Gasteiger partial charge on any atom is 0.171 e. The first-order valence-electron chi connectivity index (χ1n) is 5.61. The molecule has 0 aromatic heterocycles. The molecule has 0 atom stereocenters. The smallest absolute Gasteiger partial charge is 0.171 e. The van der Waals surface area contributed by atoms with Gasteiger partial charge in [0.05, 0.1) is 11.9 Å². The van der Waals surface area contributed by atoms with Crippen LogP contribution in [0.1, 0.15) is 26.3 Å². The quantitative estimate of drug-likeness (QED) is 0.811. The fourth-order valence-corrected chi connectivity index (χ4v) is 1.80. The molecule has 0 radical (unpaired) electrons. The molecule has 1 aromatic carbocycles. The Balaban J connectivity index is 2.99. The number of rotatable bonds is 5. The third-order valence-electron chi connectivity index (χ3n) is 2.14. The summed E-state index contributed by atoms with van der Waals surface area (Å²) in [4.78, 5) is 0. The molecule has 4 heteroatoms. The van der Waals surface area contributed by atoms with Crippen LogP contribution < -0.4 is 4.74 Å². The molecular weight excluding hydrogens is 236 g/mol. The molecule has 0 spiro atoms. The molecule has 0 unspecified atom stereocenters. The predicted molar refractivity (Wildman–Crippen MR) is 70.7 cm³/mol. The second-order valence-electron chi connectivity index (χ2n) is 3.96. The Morgan fingerprint density at radius 3 is 2.53 bits per heavy atom. The van der Waals surface area contributed by atoms with Crippen LogP contribution in [0.2, 0.25) is 0 Å². The first-order valence-corrected chi connectivity index (χ1v) is 7.32. The van der Waals surface area contributed by atoms with Crippen LogP contribution >= 0.6 is 0 Å². The maximum absolute atomic E-state index is 11.4. The molecule has 0 saturated heterocycles. The summed E-state index contributed by atoms with van der Waals surface area (Å²) in [6.45, 7) is 5.49. The molecule has 0 bridgehead atoms. The van der Waals surface area contributed by atoms with Gasteiger partial charge in [0, 0.05) is 11.0 Å². The van der Waals surface area contributed by atoms with Crippen molar-refractivity contribution in [3.63, 3.8) is 0 Å². The van der Waals surface area contributed by atoms with Crippen LogP contribution in [0, 0.1) is 0 Å². The zero-order valence-corrected chi connectivity index (χ0v) is 11.2. The number of ether oxygens (including phenoxy) is 1. The molecule has 0 aliphatic heterocycles. The van der Waals surface area contributed by atoms with E-state index >= 15 is 0 Å². The van der Waals surface area contributed by atoms with Gasteiger partial charge < -0.3 is 4.74 Å². The Hall–Kier alpha value is -1.29. The first kappa shape index (κ1) is 13.8. The second-order valence-corrected chi connectivity index (χ2v) is 6.13. The van der Waals surface area contributed by atoms with Crippen LogP contribution in [0.3, 0.4) is 0 Å². The molecule has 0 N–H and O–H groups in total. The van der Waals surface area contributed by atoms with Crippen LogP contribution in [-0.4, -0.2) is 20.3 Å². The molecule has 3 nitrogen and oxygen atoms in total. The number of para-hydroxylation sites is 1. The number of hydrogen-bond acceptors (Lipinski definition) is 3. The predicted octanol–water partition coefficient (Wildman–Crippen LogP) is 2.88. The van der Waals surface area contributed by atoms with Crippen LogP contribution in [-0.2, 0) is 9.84 Å². The highest BCUT2D eigenvalue weighted by atomic mass is 32.2. The fourth-order valence-electron chi connectivity index (χ4n) is 1.25. The van der Waals surface area contributed by atoms with E-state index in [0.717, 1.165) is 5.56 Å². The molecule has 0 saturated carbocycles. The lowest BCUT2D eigenvalue weighted by Crippen LogP contribution is -2.06. The molecule has 0 amide bonds. The summed E-state index contributed by atoms with van der Waals surface area (Å²) in [7, 11) is -3.10. The molecule has 0 heterocycles. The summed E-state index contributed by atoms with van der Waals surface area (Å²) in [5, 5.41) is 1.23. The highest BCUT2D eigenvalue weighted by Gasteiger charge is 2.04. The lowest BCUT2D eigenvalue weighted by atomic mass is 10.2. The normalized spacial score (nSPS) is 12.2. The van der Waals surface area contributed by atoms with Crippen LogP contribution in [0.25, 0.3) is 6.08 Å². The summed E-state index contributed by atoms with van der Waals surface area (Å²) in [5.41, 5.74) is 0.776. The van der Waals surface area contributed by atoms with Gasteiger partial charge in [-0.25, -0.2) is 8.42 Å². The number of hydrogen-bond donors (Lipinski definition) is 0. The minimum atomic E-state index is -3.10. The van der Waals surface area contributed by atoms with Gasteiger partial charge in [0.2, 0.25) is 0 Å². The summed E-state index contributed by atoms with van der Waals surface area (Å²) >= 11 is 0. The van der Waals surface area contributed by atoms with Gasteiger partial charge in [-0.05, 0) is 26.0 Å². The third kappa shape index (κ3) is 4.61. The van der Waals surface area contributed by atoms with Crippen molar-refractivity contribution in [2.75, 3.05) is 5.75 Å². The van der Waals surface area contributed by atoms with Gasteiger partial charge in [0.1, 0.15) is 5.75 Å². The lowest BCUT2D eigenvalue weighted by molar-refractivity contribution is 0.242. The summed E-state index contributed by atoms with van der Waals surface area (Å²) in [6.07, 6.45) is 1.64. The Bertz CT molecular complexity index is 487. The molecular formula is C13H18O3S. The average Bonchev–Trinajstić information content (AvgIpc) is 2.27. The maximum atomic E-state index is 11.4. The number of sulfone groups is 1. The van der Waals surface area contributed by atoms with E-state index in [0.29, 0.717) is 5.75 Å². The minimum absolute atomic E-state index is 0.0623. The van der Waals surface area contributed by atoms with Gasteiger partial charge in [0.25, 0.3) is 0 Å². The zero-order valence-electron chi connectivity index (χ0n) is 10.4. The molecule has 17 heavy (non-hydrogen) atoms. The highest BCUT2D eigenvalue weighted by Crippen LogP contribution is 2.21. The summed E-state index contributed by atoms with van der Waals surface area (Å²) in [5.74, 6) is 0.807. The van der Waals surface area contributed by atoms with E-state index in [1.54, 1.807) is 13.0 Å². The third-order valence-corrected chi connectivity index (χ3v) is 3.49. The Labute approximate surface area is 103 Å². The fraction of sp³-hybridized carbons (Fsp3) is 0.385. The Morgan fingerprint density at radius 1 is 1.29 bits per heavy atom. The first-order chi connectivity index (χ1) is 7.94. The van der Waals surface area contributed by atoms with Crippen molar-refractivity contribution in [1.29, 1.82) is 0 Å². The van der Waals surface area contributed by atoms with Crippen molar-refractivity contribution in [1.82, 2.24) is 0 Å². The van der Waals surface area contributed by atoms with Crippen LogP contribution in [0.15, 0.2) is 29.7 Å². The molecule has 1 aromatic rings. The van der Waals surface area contributed by atoms with E-state index in [9.17, 15) is 8.42 Å². The van der Waals surface area contributed by atoms with Gasteiger partial charge in [-0.15, -0.1) is 0 Å². The van der Waals surface area contributed by atoms with Crippen molar-refractivity contribution in [2.24, 2.45) is 0 Å². The van der Waals surface area contributed by atoms with E-state index in [1.165, 1.54) is 5.41 Å². The van der Waals surface area contributed by atoms with Crippen LogP contribution in [0.5, 0.6) is 5.75 Å². The van der Waals surface area contributed by atoms with E-state index in [4.69, 9.17) is 4.74 Å². The van der Waals surface area contributed by atoms with E-state index < -0.39 is 9.84 Å². The Morgan fingerprint density at radius 2 is 1.94 bits per heavy atom. The van der Waals surface area contributed by atoms with Crippen molar-refractivity contribution >= 4 is 15.9 Å². The Kier molecular flexibility index (Phi) is 4.75. The summed E-state index contributed by atoms with van der Waals surface area (Å²) < 4.78 is 28.4. The van der Waals surface area contributed by atoms with Crippen molar-refractivity contribution < 1.29 is 13.2 Å². The molecule has 0 aliphatic rings. The van der Waals surface area contributed by atoms with Gasteiger partial charge in [-0.2, -0.15) is 0 Å². The van der Waals surface area contributed by atoms with E-state index in [-0.39, 0.29) is 11.9 Å². The average molecular weight is 254 g/mol. The van der Waals surface area contributed by atoms with Gasteiger partial charge in [0.15, 0.2) is 9.84 Å². The second kappa shape index (κ2) is 5.87. The summed E-state index contributed by atoms with van der Waals surface area (Å²) in [6, 6.07) is 7.38. The minimum Gasteiger partial charge on any atom is -0.490 e. The van der Waals surface area contributed by atoms with Crippen molar-refractivity contribution in [3.05, 3.63) is 35.2 Å². The van der Waals surface area contributed by atoms with Gasteiger partial charge in [-0.1, -0.05) is 25.1 Å². The number of benzene rings is 1. The molecule has 0 aliphatic carbocycles. The monoisotopic (exact) mass is 254 g/mol. The zero-order chi connectivity index (χ0) is 12.9. The highest BCUT2D eigenvalue weighted by molar-refractivity contribution is 7.94. The molecule has 94 valence electrons.